The van der Waals surface area contributed by atoms with Gasteiger partial charge in [-0.2, -0.15) is 5.26 Å². The third-order valence-electron chi connectivity index (χ3n) is 4.90. The third kappa shape index (κ3) is 4.60. The van der Waals surface area contributed by atoms with E-state index in [0.717, 1.165) is 0 Å². The molecule has 0 aromatic carbocycles. The molecular formula is C22H24N4O3S2. The molecular weight excluding hydrogens is 432 g/mol. The largest absolute Gasteiger partial charge is 0.467 e. The highest BCUT2D eigenvalue weighted by molar-refractivity contribution is 8.26. The molecule has 1 fully saturated rings. The van der Waals surface area contributed by atoms with Crippen molar-refractivity contribution in [2.75, 3.05) is 11.9 Å². The molecule has 2 aromatic rings. The molecule has 1 aliphatic heterocycles. The van der Waals surface area contributed by atoms with Crippen LogP contribution in [0.4, 0.5) is 5.82 Å². The minimum atomic E-state index is -0.367. The Hall–Kier alpha value is -2.83. The summed E-state index contributed by atoms with van der Waals surface area (Å²) < 4.78 is 7.41. The Balaban J connectivity index is 2.12. The van der Waals surface area contributed by atoms with Gasteiger partial charge in [0.25, 0.3) is 11.5 Å². The highest BCUT2D eigenvalue weighted by atomic mass is 32.2. The number of aromatic nitrogens is 1. The Kier molecular flexibility index (Phi) is 7.03. The Labute approximate surface area is 190 Å². The maximum atomic E-state index is 13.0. The van der Waals surface area contributed by atoms with Gasteiger partial charge in [0.2, 0.25) is 0 Å². The lowest BCUT2D eigenvalue weighted by Gasteiger charge is -2.19. The lowest BCUT2D eigenvalue weighted by atomic mass is 10.0. The van der Waals surface area contributed by atoms with Crippen LogP contribution in [0.25, 0.3) is 6.08 Å². The number of thiocarbonyl (C=S) groups is 1. The van der Waals surface area contributed by atoms with Crippen LogP contribution in [0.5, 0.6) is 0 Å². The molecule has 0 spiro atoms. The Morgan fingerprint density at radius 1 is 1.39 bits per heavy atom. The monoisotopic (exact) mass is 456 g/mol. The number of carbonyl (C=O) groups excluding carboxylic acids is 1. The van der Waals surface area contributed by atoms with Crippen LogP contribution < -0.4 is 10.9 Å². The molecule has 9 heteroatoms. The predicted octanol–water partition coefficient (Wildman–Crippen LogP) is 4.11. The Morgan fingerprint density at radius 2 is 2.13 bits per heavy atom. The second-order valence-electron chi connectivity index (χ2n) is 7.54. The van der Waals surface area contributed by atoms with Gasteiger partial charge in [-0.1, -0.05) is 37.8 Å². The normalized spacial score (nSPS) is 15.2. The molecule has 1 saturated heterocycles. The van der Waals surface area contributed by atoms with Crippen molar-refractivity contribution in [3.8, 4) is 6.07 Å². The van der Waals surface area contributed by atoms with Crippen LogP contribution in [0.2, 0.25) is 0 Å². The van der Waals surface area contributed by atoms with E-state index in [0.29, 0.717) is 51.6 Å². The van der Waals surface area contributed by atoms with E-state index in [4.69, 9.17) is 16.6 Å². The molecule has 0 bridgehead atoms. The minimum Gasteiger partial charge on any atom is -0.467 e. The summed E-state index contributed by atoms with van der Waals surface area (Å²) in [6.07, 6.45) is 3.31. The molecule has 1 amide bonds. The zero-order valence-corrected chi connectivity index (χ0v) is 19.5. The molecule has 0 saturated carbocycles. The van der Waals surface area contributed by atoms with Crippen LogP contribution in [0.1, 0.15) is 43.2 Å². The second-order valence-corrected chi connectivity index (χ2v) is 9.22. The van der Waals surface area contributed by atoms with Crippen LogP contribution in [-0.4, -0.2) is 26.2 Å². The molecule has 1 aliphatic rings. The fourth-order valence-corrected chi connectivity index (χ4v) is 4.65. The average Bonchev–Trinajstić information content (AvgIpc) is 3.33. The molecule has 3 heterocycles. The first kappa shape index (κ1) is 22.8. The van der Waals surface area contributed by atoms with Gasteiger partial charge in [0.15, 0.2) is 0 Å². The van der Waals surface area contributed by atoms with E-state index >= 15 is 0 Å². The van der Waals surface area contributed by atoms with Gasteiger partial charge >= 0.3 is 0 Å². The summed E-state index contributed by atoms with van der Waals surface area (Å²) in [7, 11) is 0. The Morgan fingerprint density at radius 3 is 2.71 bits per heavy atom. The van der Waals surface area contributed by atoms with Gasteiger partial charge in [0, 0.05) is 18.7 Å². The number of amides is 1. The van der Waals surface area contributed by atoms with Crippen molar-refractivity contribution >= 4 is 46.1 Å². The summed E-state index contributed by atoms with van der Waals surface area (Å²) in [5, 5.41) is 12.9. The number of pyridine rings is 1. The fourth-order valence-electron chi connectivity index (χ4n) is 3.39. The fraction of sp³-hybridized carbons (Fsp3) is 0.364. The molecule has 31 heavy (non-hydrogen) atoms. The zero-order chi connectivity index (χ0) is 22.7. The number of nitriles is 1. The summed E-state index contributed by atoms with van der Waals surface area (Å²) in [5.74, 6) is 1.36. The van der Waals surface area contributed by atoms with E-state index in [1.165, 1.54) is 16.3 Å². The van der Waals surface area contributed by atoms with Crippen molar-refractivity contribution in [3.05, 3.63) is 56.1 Å². The zero-order valence-electron chi connectivity index (χ0n) is 17.9. The highest BCUT2D eigenvalue weighted by Gasteiger charge is 2.33. The van der Waals surface area contributed by atoms with Crippen LogP contribution in [0.3, 0.4) is 0 Å². The number of furan rings is 1. The number of thioether (sulfide) groups is 1. The average molecular weight is 457 g/mol. The van der Waals surface area contributed by atoms with Gasteiger partial charge in [-0.25, -0.2) is 0 Å². The summed E-state index contributed by atoms with van der Waals surface area (Å²) in [6.45, 7) is 8.87. The minimum absolute atomic E-state index is 0.0642. The van der Waals surface area contributed by atoms with Crippen molar-refractivity contribution in [3.63, 3.8) is 0 Å². The van der Waals surface area contributed by atoms with Gasteiger partial charge in [-0.3, -0.25) is 19.1 Å². The molecule has 3 rings (SSSR count). The summed E-state index contributed by atoms with van der Waals surface area (Å²) in [5.41, 5.74) is 0.839. The van der Waals surface area contributed by atoms with Crippen molar-refractivity contribution in [1.29, 1.82) is 5.26 Å². The molecule has 0 unspecified atom stereocenters. The second kappa shape index (κ2) is 9.54. The van der Waals surface area contributed by atoms with E-state index in [9.17, 15) is 14.9 Å². The van der Waals surface area contributed by atoms with Gasteiger partial charge in [0.1, 0.15) is 27.5 Å². The number of rotatable bonds is 7. The molecule has 2 aromatic heterocycles. The number of nitrogens with one attached hydrogen (secondary N) is 1. The lowest BCUT2D eigenvalue weighted by Crippen LogP contribution is -2.31. The van der Waals surface area contributed by atoms with Gasteiger partial charge < -0.3 is 9.73 Å². The van der Waals surface area contributed by atoms with Crippen LogP contribution in [0.15, 0.2) is 32.5 Å². The first-order valence-electron chi connectivity index (χ1n) is 9.97. The van der Waals surface area contributed by atoms with E-state index in [-0.39, 0.29) is 22.9 Å². The van der Waals surface area contributed by atoms with Crippen LogP contribution >= 0.6 is 24.0 Å². The smallest absolute Gasteiger partial charge is 0.270 e. The first-order chi connectivity index (χ1) is 14.8. The lowest BCUT2D eigenvalue weighted by molar-refractivity contribution is -0.122. The topological polar surface area (TPSA) is 91.3 Å². The molecule has 0 aliphatic carbocycles. The summed E-state index contributed by atoms with van der Waals surface area (Å²) >= 11 is 6.65. The first-order valence-corrected chi connectivity index (χ1v) is 11.2. The quantitative estimate of drug-likeness (QED) is 0.495. The van der Waals surface area contributed by atoms with E-state index in [2.05, 4.69) is 5.32 Å². The SMILES string of the molecule is CCn1c(NCc2ccco2)c(/C=C2\SC(=S)N(CC(C)C)C2=O)c(C)c(C#N)c1=O. The van der Waals surface area contributed by atoms with E-state index in [1.807, 2.05) is 32.9 Å². The molecule has 1 N–H and O–H groups in total. The van der Waals surface area contributed by atoms with Gasteiger partial charge in [-0.15, -0.1) is 0 Å². The standard InChI is InChI=1S/C22H24N4O3S2/c1-5-25-19(24-11-15-7-6-8-29-15)16(14(4)17(10-23)20(25)27)9-18-21(28)26(12-13(2)3)22(30)31-18/h6-9,13,24H,5,11-12H2,1-4H3/b18-9-. The molecule has 0 radical (unpaired) electrons. The van der Waals surface area contributed by atoms with Crippen LogP contribution in [-0.2, 0) is 17.9 Å². The van der Waals surface area contributed by atoms with Crippen LogP contribution in [0, 0.1) is 24.2 Å². The number of carbonyl (C=O) groups is 1. The maximum absolute atomic E-state index is 13.0. The summed E-state index contributed by atoms with van der Waals surface area (Å²) in [6, 6.07) is 5.63. The number of hydrogen-bond acceptors (Lipinski definition) is 7. The number of anilines is 1. The van der Waals surface area contributed by atoms with Crippen molar-refractivity contribution in [1.82, 2.24) is 9.47 Å². The van der Waals surface area contributed by atoms with E-state index in [1.54, 1.807) is 30.2 Å². The van der Waals surface area contributed by atoms with Crippen molar-refractivity contribution < 1.29 is 9.21 Å². The number of nitrogens with zero attached hydrogens (tertiary/aromatic N) is 3. The van der Waals surface area contributed by atoms with Crippen molar-refractivity contribution in [2.45, 2.75) is 40.8 Å². The third-order valence-corrected chi connectivity index (χ3v) is 6.28. The molecule has 162 valence electrons. The maximum Gasteiger partial charge on any atom is 0.270 e. The van der Waals surface area contributed by atoms with Crippen molar-refractivity contribution in [2.24, 2.45) is 5.92 Å². The Bertz CT molecular complexity index is 1140. The molecule has 0 atom stereocenters. The van der Waals surface area contributed by atoms with Gasteiger partial charge in [-0.05, 0) is 43.5 Å². The predicted molar refractivity (Wildman–Crippen MR) is 127 cm³/mol. The van der Waals surface area contributed by atoms with Gasteiger partial charge in [0.05, 0.1) is 17.7 Å². The van der Waals surface area contributed by atoms with E-state index < -0.39 is 0 Å². The summed E-state index contributed by atoms with van der Waals surface area (Å²) in [4.78, 5) is 27.9. The number of hydrogen-bond donors (Lipinski definition) is 1. The molecule has 7 nitrogen and oxygen atoms in total. The highest BCUT2D eigenvalue weighted by Crippen LogP contribution is 2.35.